The Morgan fingerprint density at radius 2 is 2.38 bits per heavy atom. The predicted octanol–water partition coefficient (Wildman–Crippen LogP) is 2.70. The highest BCUT2D eigenvalue weighted by molar-refractivity contribution is 7.16. The van der Waals surface area contributed by atoms with Gasteiger partial charge in [-0.3, -0.25) is 4.79 Å². The van der Waals surface area contributed by atoms with Crippen molar-refractivity contribution in [1.82, 2.24) is 0 Å². The number of fused-ring (bicyclic) bond motifs is 1. The number of amides is 1. The number of carbonyl (C=O) groups excluding carboxylic acids is 1. The minimum atomic E-state index is -0.108. The first-order chi connectivity index (χ1) is 7.61. The first-order valence-corrected chi connectivity index (χ1v) is 6.25. The van der Waals surface area contributed by atoms with E-state index in [0.717, 1.165) is 23.4 Å². The molecule has 1 aromatic heterocycles. The fourth-order valence-electron chi connectivity index (χ4n) is 2.12. The Kier molecular flexibility index (Phi) is 2.97. The number of aryl methyl sites for hydroxylation is 1. The molecule has 0 bridgehead atoms. The lowest BCUT2D eigenvalue weighted by Crippen LogP contribution is -2.10. The monoisotopic (exact) mass is 234 g/mol. The van der Waals surface area contributed by atoms with E-state index in [9.17, 15) is 4.79 Å². The van der Waals surface area contributed by atoms with E-state index in [-0.39, 0.29) is 5.91 Å². The quantitative estimate of drug-likeness (QED) is 0.812. The van der Waals surface area contributed by atoms with Crippen LogP contribution in [0.1, 0.15) is 36.3 Å². The molecule has 1 heterocycles. The maximum Gasteiger partial charge on any atom is 0.221 e. The summed E-state index contributed by atoms with van der Waals surface area (Å²) in [4.78, 5) is 12.3. The van der Waals surface area contributed by atoms with E-state index in [1.807, 2.05) is 0 Å². The summed E-state index contributed by atoms with van der Waals surface area (Å²) < 4.78 is 0. The van der Waals surface area contributed by atoms with E-state index in [1.165, 1.54) is 18.2 Å². The third-order valence-corrected chi connectivity index (χ3v) is 4.12. The van der Waals surface area contributed by atoms with Crippen LogP contribution >= 0.6 is 11.3 Å². The van der Waals surface area contributed by atoms with Crippen molar-refractivity contribution in [2.75, 3.05) is 5.32 Å². The molecule has 0 saturated heterocycles. The van der Waals surface area contributed by atoms with Crippen molar-refractivity contribution in [3.8, 4) is 6.07 Å². The molecule has 0 radical (unpaired) electrons. The SMILES string of the molecule is CC(=O)Nc1sc2c(c1C#N)CC(C)CC2. The van der Waals surface area contributed by atoms with Crippen molar-refractivity contribution < 1.29 is 4.79 Å². The predicted molar refractivity (Wildman–Crippen MR) is 64.5 cm³/mol. The van der Waals surface area contributed by atoms with Gasteiger partial charge in [0.15, 0.2) is 0 Å². The first kappa shape index (κ1) is 11.2. The molecule has 1 atom stereocenters. The van der Waals surface area contributed by atoms with Crippen molar-refractivity contribution in [3.63, 3.8) is 0 Å². The van der Waals surface area contributed by atoms with E-state index in [1.54, 1.807) is 11.3 Å². The molecular weight excluding hydrogens is 220 g/mol. The van der Waals surface area contributed by atoms with Gasteiger partial charge in [-0.15, -0.1) is 11.3 Å². The van der Waals surface area contributed by atoms with Gasteiger partial charge in [-0.05, 0) is 30.7 Å². The second-order valence-corrected chi connectivity index (χ2v) is 5.45. The van der Waals surface area contributed by atoms with Gasteiger partial charge in [-0.25, -0.2) is 0 Å². The molecule has 0 fully saturated rings. The van der Waals surface area contributed by atoms with Crippen LogP contribution in [-0.2, 0) is 17.6 Å². The first-order valence-electron chi connectivity index (χ1n) is 5.44. The van der Waals surface area contributed by atoms with Crippen molar-refractivity contribution in [1.29, 1.82) is 5.26 Å². The number of anilines is 1. The number of nitrogens with zero attached hydrogens (tertiary/aromatic N) is 1. The standard InChI is InChI=1S/C12H14N2OS/c1-7-3-4-11-9(5-7)10(6-13)12(16-11)14-8(2)15/h7H,3-5H2,1-2H3,(H,14,15). The third-order valence-electron chi connectivity index (χ3n) is 2.91. The summed E-state index contributed by atoms with van der Waals surface area (Å²) in [7, 11) is 0. The Morgan fingerprint density at radius 3 is 3.00 bits per heavy atom. The number of thiophene rings is 1. The molecule has 1 amide bonds. The van der Waals surface area contributed by atoms with Gasteiger partial charge in [0.25, 0.3) is 0 Å². The lowest BCUT2D eigenvalue weighted by Gasteiger charge is -2.17. The maximum absolute atomic E-state index is 11.0. The van der Waals surface area contributed by atoms with E-state index >= 15 is 0 Å². The Morgan fingerprint density at radius 1 is 1.62 bits per heavy atom. The summed E-state index contributed by atoms with van der Waals surface area (Å²) in [5, 5.41) is 12.7. The highest BCUT2D eigenvalue weighted by Gasteiger charge is 2.24. The molecule has 0 aliphatic heterocycles. The third kappa shape index (κ3) is 1.96. The van der Waals surface area contributed by atoms with E-state index in [0.29, 0.717) is 11.5 Å². The zero-order valence-corrected chi connectivity index (χ0v) is 10.3. The summed E-state index contributed by atoms with van der Waals surface area (Å²) in [5.74, 6) is 0.530. The van der Waals surface area contributed by atoms with Crippen molar-refractivity contribution >= 4 is 22.2 Å². The van der Waals surface area contributed by atoms with Gasteiger partial charge in [-0.2, -0.15) is 5.26 Å². The van der Waals surface area contributed by atoms with Crippen LogP contribution in [0.25, 0.3) is 0 Å². The Labute approximate surface area is 99.1 Å². The fraction of sp³-hybridized carbons (Fsp3) is 0.500. The molecule has 1 N–H and O–H groups in total. The fourth-order valence-corrected chi connectivity index (χ4v) is 3.36. The van der Waals surface area contributed by atoms with Gasteiger partial charge < -0.3 is 5.32 Å². The van der Waals surface area contributed by atoms with Crippen LogP contribution in [0.15, 0.2) is 0 Å². The van der Waals surface area contributed by atoms with Crippen LogP contribution in [0.4, 0.5) is 5.00 Å². The van der Waals surface area contributed by atoms with Crippen LogP contribution in [0.5, 0.6) is 0 Å². The maximum atomic E-state index is 11.0. The number of nitrogens with one attached hydrogen (secondary N) is 1. The van der Waals surface area contributed by atoms with Crippen LogP contribution in [0.2, 0.25) is 0 Å². The van der Waals surface area contributed by atoms with Gasteiger partial charge in [0.2, 0.25) is 5.91 Å². The Balaban J connectivity index is 2.42. The summed E-state index contributed by atoms with van der Waals surface area (Å²) in [6.45, 7) is 3.68. The molecule has 1 aliphatic carbocycles. The minimum Gasteiger partial charge on any atom is -0.317 e. The van der Waals surface area contributed by atoms with Crippen LogP contribution < -0.4 is 5.32 Å². The van der Waals surface area contributed by atoms with E-state index in [4.69, 9.17) is 5.26 Å². The molecule has 2 rings (SSSR count). The van der Waals surface area contributed by atoms with Crippen LogP contribution in [0, 0.1) is 17.2 Å². The lowest BCUT2D eigenvalue weighted by atomic mass is 9.88. The normalized spacial score (nSPS) is 18.7. The highest BCUT2D eigenvalue weighted by Crippen LogP contribution is 2.39. The molecule has 16 heavy (non-hydrogen) atoms. The molecule has 0 saturated carbocycles. The van der Waals surface area contributed by atoms with Gasteiger partial charge in [0, 0.05) is 11.8 Å². The molecule has 84 valence electrons. The smallest absolute Gasteiger partial charge is 0.221 e. The van der Waals surface area contributed by atoms with Crippen molar-refractivity contribution in [3.05, 3.63) is 16.0 Å². The number of hydrogen-bond donors (Lipinski definition) is 1. The van der Waals surface area contributed by atoms with Crippen LogP contribution in [-0.4, -0.2) is 5.91 Å². The number of carbonyl (C=O) groups is 1. The average Bonchev–Trinajstić information content (AvgIpc) is 2.53. The summed E-state index contributed by atoms with van der Waals surface area (Å²) in [6, 6.07) is 2.23. The van der Waals surface area contributed by atoms with Crippen LogP contribution in [0.3, 0.4) is 0 Å². The summed E-state index contributed by atoms with van der Waals surface area (Å²) in [5.41, 5.74) is 1.84. The Bertz CT molecular complexity index is 470. The molecule has 1 aliphatic rings. The summed E-state index contributed by atoms with van der Waals surface area (Å²) >= 11 is 1.56. The van der Waals surface area contributed by atoms with Gasteiger partial charge in [0.05, 0.1) is 5.56 Å². The zero-order chi connectivity index (χ0) is 11.7. The number of nitriles is 1. The lowest BCUT2D eigenvalue weighted by molar-refractivity contribution is -0.114. The second-order valence-electron chi connectivity index (χ2n) is 4.35. The molecule has 1 unspecified atom stereocenters. The molecular formula is C12H14N2OS. The van der Waals surface area contributed by atoms with Gasteiger partial charge >= 0.3 is 0 Å². The largest absolute Gasteiger partial charge is 0.317 e. The molecule has 1 aromatic rings. The molecule has 0 spiro atoms. The van der Waals surface area contributed by atoms with E-state index in [2.05, 4.69) is 18.3 Å². The molecule has 4 heteroatoms. The van der Waals surface area contributed by atoms with E-state index < -0.39 is 0 Å². The minimum absolute atomic E-state index is 0.108. The van der Waals surface area contributed by atoms with Crippen molar-refractivity contribution in [2.24, 2.45) is 5.92 Å². The average molecular weight is 234 g/mol. The second kappa shape index (κ2) is 4.26. The molecule has 0 aromatic carbocycles. The zero-order valence-electron chi connectivity index (χ0n) is 9.46. The van der Waals surface area contributed by atoms with Crippen molar-refractivity contribution in [2.45, 2.75) is 33.1 Å². The number of hydrogen-bond acceptors (Lipinski definition) is 3. The van der Waals surface area contributed by atoms with Gasteiger partial charge in [0.1, 0.15) is 11.1 Å². The Hall–Kier alpha value is -1.34. The molecule has 3 nitrogen and oxygen atoms in total. The highest BCUT2D eigenvalue weighted by atomic mass is 32.1. The van der Waals surface area contributed by atoms with Gasteiger partial charge in [-0.1, -0.05) is 6.92 Å². The number of rotatable bonds is 1. The summed E-state index contributed by atoms with van der Waals surface area (Å²) in [6.07, 6.45) is 3.18. The topological polar surface area (TPSA) is 52.9 Å².